The van der Waals surface area contributed by atoms with E-state index in [1.807, 2.05) is 31.0 Å². The summed E-state index contributed by atoms with van der Waals surface area (Å²) in [5.41, 5.74) is 77.9. The van der Waals surface area contributed by atoms with E-state index in [1.54, 1.807) is 0 Å². The first-order valence-corrected chi connectivity index (χ1v) is 46.6. The molecular formula is C122H124N8. The smallest absolute Gasteiger partial charge is 0.0746 e. The van der Waals surface area contributed by atoms with Gasteiger partial charge in [-0.3, -0.25) is 39.9 Å². The summed E-state index contributed by atoms with van der Waals surface area (Å²) in [5, 5.41) is 0. The number of hydrogen-bond acceptors (Lipinski definition) is 8. The average molecular weight is 1700 g/mol. The Kier molecular flexibility index (Phi) is 24.5. The molecule has 8 nitrogen and oxygen atoms in total. The number of benzene rings is 8. The fourth-order valence-electron chi connectivity index (χ4n) is 20.5. The largest absolute Gasteiger partial charge is 0.256 e. The lowest BCUT2D eigenvalue weighted by atomic mass is 9.99. The minimum atomic E-state index is 1.05. The summed E-state index contributed by atoms with van der Waals surface area (Å²) in [4.78, 5) is 37.3. The Morgan fingerprint density at radius 3 is 1.07 bits per heavy atom. The molecule has 0 spiro atoms. The van der Waals surface area contributed by atoms with E-state index in [1.165, 1.54) is 307 Å². The van der Waals surface area contributed by atoms with Gasteiger partial charge in [-0.05, 0) is 398 Å². The maximum absolute atomic E-state index is 4.77. The van der Waals surface area contributed by atoms with Gasteiger partial charge < -0.3 is 0 Å². The Labute approximate surface area is 772 Å². The van der Waals surface area contributed by atoms with Crippen LogP contribution in [0.15, 0.2) is 183 Å². The summed E-state index contributed by atoms with van der Waals surface area (Å²) in [6.45, 7) is 56.4. The predicted molar refractivity (Wildman–Crippen MR) is 543 cm³/mol. The second-order valence-corrected chi connectivity index (χ2v) is 38.3. The lowest BCUT2D eigenvalue weighted by Gasteiger charge is -2.10. The molecule has 0 saturated heterocycles. The van der Waals surface area contributed by atoms with Crippen molar-refractivity contribution in [3.63, 3.8) is 0 Å². The van der Waals surface area contributed by atoms with Gasteiger partial charge in [0.25, 0.3) is 0 Å². The van der Waals surface area contributed by atoms with Crippen molar-refractivity contribution in [1.29, 1.82) is 0 Å². The van der Waals surface area contributed by atoms with Gasteiger partial charge in [0.05, 0.1) is 45.6 Å². The van der Waals surface area contributed by atoms with Crippen LogP contribution >= 0.6 is 0 Å². The predicted octanol–water partition coefficient (Wildman–Crippen LogP) is 29.2. The highest BCUT2D eigenvalue weighted by molar-refractivity contribution is 5.83. The van der Waals surface area contributed by atoms with Crippen molar-refractivity contribution in [1.82, 2.24) is 39.9 Å². The highest BCUT2D eigenvalue weighted by Gasteiger charge is 2.31. The fourth-order valence-corrected chi connectivity index (χ4v) is 20.5. The highest BCUT2D eigenvalue weighted by Crippen LogP contribution is 2.47. The van der Waals surface area contributed by atoms with Crippen LogP contribution in [-0.4, -0.2) is 39.9 Å². The zero-order valence-electron chi connectivity index (χ0n) is 81.6. The van der Waals surface area contributed by atoms with Crippen molar-refractivity contribution in [2.24, 2.45) is 0 Å². The van der Waals surface area contributed by atoms with Crippen molar-refractivity contribution >= 4 is 0 Å². The van der Waals surface area contributed by atoms with Gasteiger partial charge in [-0.15, -0.1) is 0 Å². The van der Waals surface area contributed by atoms with Gasteiger partial charge in [0, 0.05) is 144 Å². The summed E-state index contributed by atoms with van der Waals surface area (Å²) in [5.74, 6) is 0. The third-order valence-electron chi connectivity index (χ3n) is 30.2. The van der Waals surface area contributed by atoms with Crippen molar-refractivity contribution in [3.05, 3.63) is 417 Å². The van der Waals surface area contributed by atoms with E-state index < -0.39 is 0 Å². The van der Waals surface area contributed by atoms with E-state index in [4.69, 9.17) is 15.0 Å². The first-order valence-electron chi connectivity index (χ1n) is 46.6. The fraction of sp³-hybridized carbons (Fsp3) is 0.279. The van der Waals surface area contributed by atoms with Crippen LogP contribution in [0.5, 0.6) is 0 Å². The van der Waals surface area contributed by atoms with Gasteiger partial charge in [0.15, 0.2) is 0 Å². The molecular weight excluding hydrogens is 1580 g/mol. The van der Waals surface area contributed by atoms with Gasteiger partial charge in [-0.1, -0.05) is 151 Å². The van der Waals surface area contributed by atoms with Crippen LogP contribution in [-0.2, 0) is 51.4 Å². The van der Waals surface area contributed by atoms with Gasteiger partial charge in [-0.25, -0.2) is 0 Å². The van der Waals surface area contributed by atoms with Gasteiger partial charge in [0.1, 0.15) is 0 Å². The zero-order valence-corrected chi connectivity index (χ0v) is 81.6. The number of hydrogen-bond donors (Lipinski definition) is 0. The second-order valence-electron chi connectivity index (χ2n) is 38.3. The quantitative estimate of drug-likeness (QED) is 0.148. The van der Waals surface area contributed by atoms with Crippen molar-refractivity contribution in [2.45, 2.75) is 231 Å². The third-order valence-corrected chi connectivity index (χ3v) is 30.2. The normalized spacial score (nSPS) is 12.4. The summed E-state index contributed by atoms with van der Waals surface area (Å²) >= 11 is 0. The number of aryl methyl sites for hydroxylation is 16. The Bertz CT molecular complexity index is 7280. The van der Waals surface area contributed by atoms with Crippen LogP contribution in [0.1, 0.15) is 234 Å². The molecule has 8 aromatic carbocycles. The number of aromatic nitrogens is 8. The topological polar surface area (TPSA) is 103 Å². The van der Waals surface area contributed by atoms with Crippen LogP contribution in [0, 0.1) is 180 Å². The van der Waals surface area contributed by atoms with Gasteiger partial charge in [-0.2, -0.15) is 0 Å². The molecule has 130 heavy (non-hydrogen) atoms. The SMILES string of the molecule is Cc1cc(C)c2c(n1)-c1ccc(C)c(C)c1C2.Cc1cc2c(nc1C)-c1ccc(C)c(C)c1C2.Cc1ccc2c(c1)-c1ncc(C)c(C)c1C2.Cc1ccc2c(c1)Cc1c-2ncc(C)c1C.Cc1ccc2c(c1C)Cc1c-2ncc(C)c1C.Cc1cnc2c(c1C)Cc1cccc(C)c1-2.Cc1cnc2c(c1C)Cc1ccccc1-2.Cc1nc2c(c(C)c1C)Cc1ccccc1-2. The Morgan fingerprint density at radius 2 is 0.531 bits per heavy atom. The maximum atomic E-state index is 4.77. The monoisotopic (exact) mass is 1700 g/mol. The summed E-state index contributed by atoms with van der Waals surface area (Å²) in [6, 6.07) is 54.8. The minimum absolute atomic E-state index is 1.05. The molecule has 0 fully saturated rings. The second kappa shape index (κ2) is 35.8. The Morgan fingerprint density at radius 1 is 0.177 bits per heavy atom. The van der Waals surface area contributed by atoms with Crippen molar-refractivity contribution in [3.8, 4) is 90.1 Å². The molecule has 0 saturated carbocycles. The molecule has 652 valence electrons. The van der Waals surface area contributed by atoms with Gasteiger partial charge >= 0.3 is 0 Å². The number of pyridine rings is 8. The van der Waals surface area contributed by atoms with E-state index in [0.717, 1.165) is 68.4 Å². The van der Waals surface area contributed by atoms with E-state index in [2.05, 4.69) is 357 Å². The first kappa shape index (κ1) is 89.0. The standard InChI is InChI=1S/3C16H17N.4C15H15N.C14H13N/c1-9-5-6-13-14(11(9)3)7-15-12(4)10(2)8-17-16(13)15;1-9-5-6-14-15(11(9)3)8-13-7-10(2)12(4)17-16(13)14;1-9-5-6-13-15(12(9)4)8-14-10(2)7-11(3)17-16(13)14;1-9-4-5-13-12(6-9)7-14-11(3)10(2)8-16-15(13)14;1-9-4-5-12-7-13-11(3)10(2)8-16-15(13)14(12)6-9;1-9-5-4-6-12-7-13-11(3)10(2)8-16-15(13)14(9)12;1-9-10(2)14-8-12-6-4-5-7-13(12)15(14)16-11(9)3;1-9-8-15-14-12-6-4-3-5-11(12)7-13(14)10(9)2/h5-6,8H,7H2,1-4H3;2*5-7H,8H2,1-4H3;3*4-6,8H,7H2,1-3H3;4-7H,8H2,1-3H3;3-6,8H,7H2,1-2H3. The molecule has 8 heteroatoms. The van der Waals surface area contributed by atoms with E-state index in [-0.39, 0.29) is 0 Å². The average Bonchev–Trinajstić information content (AvgIpc) is 1.62. The molecule has 24 rings (SSSR count). The lowest BCUT2D eigenvalue weighted by Crippen LogP contribution is -1.97. The highest BCUT2D eigenvalue weighted by atomic mass is 14.8. The Balaban J connectivity index is 0.000000104. The third kappa shape index (κ3) is 16.5. The summed E-state index contributed by atoms with van der Waals surface area (Å²) < 4.78 is 0. The number of fused-ring (bicyclic) bond motifs is 24. The minimum Gasteiger partial charge on any atom is -0.256 e. The molecule has 8 heterocycles. The van der Waals surface area contributed by atoms with E-state index >= 15 is 0 Å². The maximum Gasteiger partial charge on any atom is 0.0746 e. The van der Waals surface area contributed by atoms with Gasteiger partial charge in [0.2, 0.25) is 0 Å². The van der Waals surface area contributed by atoms with Crippen molar-refractivity contribution in [2.75, 3.05) is 0 Å². The van der Waals surface area contributed by atoms with Crippen LogP contribution < -0.4 is 0 Å². The molecule has 0 unspecified atom stereocenters. The number of rotatable bonds is 0. The molecule has 0 aliphatic heterocycles. The molecule has 8 aromatic heterocycles. The molecule has 16 aromatic rings. The van der Waals surface area contributed by atoms with E-state index in [0.29, 0.717) is 0 Å². The first-order chi connectivity index (χ1) is 62.2. The van der Waals surface area contributed by atoms with Crippen molar-refractivity contribution < 1.29 is 0 Å². The van der Waals surface area contributed by atoms with E-state index in [9.17, 15) is 0 Å². The summed E-state index contributed by atoms with van der Waals surface area (Å²) in [6.07, 6.45) is 18.4. The molecule has 8 aliphatic carbocycles. The van der Waals surface area contributed by atoms with Crippen LogP contribution in [0.2, 0.25) is 0 Å². The van der Waals surface area contributed by atoms with Crippen LogP contribution in [0.25, 0.3) is 90.1 Å². The number of nitrogens with zero attached hydrogens (tertiary/aromatic N) is 8. The van der Waals surface area contributed by atoms with Crippen LogP contribution in [0.3, 0.4) is 0 Å². The molecule has 0 radical (unpaired) electrons. The molecule has 8 aliphatic rings. The Hall–Kier alpha value is -13.0. The molecule has 0 amide bonds. The molecule has 0 N–H and O–H groups in total. The zero-order chi connectivity index (χ0) is 92.0. The molecule has 0 bridgehead atoms. The lowest BCUT2D eigenvalue weighted by molar-refractivity contribution is 1.09. The summed E-state index contributed by atoms with van der Waals surface area (Å²) in [7, 11) is 0. The van der Waals surface area contributed by atoms with Crippen LogP contribution in [0.4, 0.5) is 0 Å². The molecule has 0 atom stereocenters.